The lowest BCUT2D eigenvalue weighted by atomic mass is 9.92. The van der Waals surface area contributed by atoms with Crippen LogP contribution in [0.4, 0.5) is 0 Å². The Balaban J connectivity index is 2.50. The van der Waals surface area contributed by atoms with Gasteiger partial charge in [0.1, 0.15) is 5.75 Å². The lowest BCUT2D eigenvalue weighted by Gasteiger charge is -2.13. The first kappa shape index (κ1) is 14.4. The molecule has 0 saturated carbocycles. The summed E-state index contributed by atoms with van der Waals surface area (Å²) in [5.74, 6) is 0.309. The first-order chi connectivity index (χ1) is 9.61. The predicted molar refractivity (Wildman–Crippen MR) is 86.0 cm³/mol. The summed E-state index contributed by atoms with van der Waals surface area (Å²) in [5, 5.41) is 9.46. The number of hydrogen-bond donors (Lipinski definition) is 1. The van der Waals surface area contributed by atoms with Crippen molar-refractivity contribution in [2.24, 2.45) is 0 Å². The van der Waals surface area contributed by atoms with E-state index in [0.29, 0.717) is 5.75 Å². The fourth-order valence-corrected chi connectivity index (χ4v) is 2.43. The van der Waals surface area contributed by atoms with E-state index in [1.807, 2.05) is 12.1 Å². The van der Waals surface area contributed by atoms with Gasteiger partial charge in [0.05, 0.1) is 0 Å². The third kappa shape index (κ3) is 3.30. The molecule has 1 heteroatoms. The molecule has 0 radical (unpaired) electrons. The van der Waals surface area contributed by atoms with Gasteiger partial charge in [-0.05, 0) is 54.7 Å². The molecule has 0 fully saturated rings. The second-order valence-electron chi connectivity index (χ2n) is 5.27. The normalized spacial score (nSPS) is 11.7. The monoisotopic (exact) mass is 266 g/mol. The number of aryl methyl sites for hydroxylation is 2. The molecule has 0 bridgehead atoms. The maximum absolute atomic E-state index is 9.46. The quantitative estimate of drug-likeness (QED) is 0.802. The van der Waals surface area contributed by atoms with E-state index in [1.54, 1.807) is 12.1 Å². The lowest BCUT2D eigenvalue weighted by molar-refractivity contribution is 0.475. The van der Waals surface area contributed by atoms with E-state index in [0.717, 1.165) is 18.4 Å². The molecule has 2 aromatic carbocycles. The minimum atomic E-state index is 0.309. The van der Waals surface area contributed by atoms with Gasteiger partial charge >= 0.3 is 0 Å². The molecule has 20 heavy (non-hydrogen) atoms. The summed E-state index contributed by atoms with van der Waals surface area (Å²) >= 11 is 0. The van der Waals surface area contributed by atoms with Crippen molar-refractivity contribution >= 4 is 5.57 Å². The highest BCUT2D eigenvalue weighted by Crippen LogP contribution is 2.28. The molecular formula is C19H22O. The summed E-state index contributed by atoms with van der Waals surface area (Å²) in [7, 11) is 0. The molecule has 0 aliphatic carbocycles. The highest BCUT2D eigenvalue weighted by atomic mass is 16.3. The van der Waals surface area contributed by atoms with Crippen molar-refractivity contribution in [3.8, 4) is 5.75 Å². The van der Waals surface area contributed by atoms with Gasteiger partial charge in [-0.15, -0.1) is 0 Å². The molecule has 0 spiro atoms. The number of aromatic hydroxyl groups is 1. The molecular weight excluding hydrogens is 244 g/mol. The van der Waals surface area contributed by atoms with Crippen LogP contribution in [-0.4, -0.2) is 5.11 Å². The zero-order chi connectivity index (χ0) is 14.5. The molecule has 1 N–H and O–H groups in total. The summed E-state index contributed by atoms with van der Waals surface area (Å²) in [6.45, 7) is 6.46. The zero-order valence-electron chi connectivity index (χ0n) is 12.5. The maximum Gasteiger partial charge on any atom is 0.115 e. The fourth-order valence-electron chi connectivity index (χ4n) is 2.43. The van der Waals surface area contributed by atoms with Gasteiger partial charge in [-0.3, -0.25) is 0 Å². The van der Waals surface area contributed by atoms with Crippen LogP contribution in [0.2, 0.25) is 0 Å². The SMILES string of the molecule is CCC/C=C(/c1ccc(O)cc1)c1ccc(C)cc1C. The second kappa shape index (κ2) is 6.42. The van der Waals surface area contributed by atoms with Crippen LogP contribution in [-0.2, 0) is 0 Å². The average Bonchev–Trinajstić information content (AvgIpc) is 2.42. The Morgan fingerprint density at radius 1 is 1.05 bits per heavy atom. The smallest absolute Gasteiger partial charge is 0.115 e. The van der Waals surface area contributed by atoms with E-state index in [1.165, 1.54) is 22.3 Å². The topological polar surface area (TPSA) is 20.2 Å². The van der Waals surface area contributed by atoms with Gasteiger partial charge in [0.15, 0.2) is 0 Å². The number of hydrogen-bond acceptors (Lipinski definition) is 1. The molecule has 0 aromatic heterocycles. The van der Waals surface area contributed by atoms with E-state index < -0.39 is 0 Å². The Labute approximate surface area is 121 Å². The van der Waals surface area contributed by atoms with Crippen molar-refractivity contribution in [1.82, 2.24) is 0 Å². The minimum absolute atomic E-state index is 0.309. The Bertz CT molecular complexity index is 606. The molecule has 2 rings (SSSR count). The lowest BCUT2D eigenvalue weighted by Crippen LogP contribution is -1.92. The standard InChI is InChI=1S/C19H22O/c1-4-5-6-19(16-8-10-17(20)11-9-16)18-12-7-14(2)13-15(18)3/h6-13,20H,4-5H2,1-3H3/b19-6-. The minimum Gasteiger partial charge on any atom is -0.508 e. The highest BCUT2D eigenvalue weighted by Gasteiger charge is 2.08. The van der Waals surface area contributed by atoms with E-state index >= 15 is 0 Å². The summed E-state index contributed by atoms with van der Waals surface area (Å²) < 4.78 is 0. The first-order valence-corrected chi connectivity index (χ1v) is 7.19. The summed E-state index contributed by atoms with van der Waals surface area (Å²) in [6, 6.07) is 14.0. The zero-order valence-corrected chi connectivity index (χ0v) is 12.5. The van der Waals surface area contributed by atoms with E-state index in [2.05, 4.69) is 45.0 Å². The number of unbranched alkanes of at least 4 members (excludes halogenated alkanes) is 1. The van der Waals surface area contributed by atoms with Gasteiger partial charge in [-0.25, -0.2) is 0 Å². The van der Waals surface area contributed by atoms with Crippen molar-refractivity contribution in [2.75, 3.05) is 0 Å². The van der Waals surface area contributed by atoms with Crippen molar-refractivity contribution in [3.63, 3.8) is 0 Å². The maximum atomic E-state index is 9.46. The van der Waals surface area contributed by atoms with E-state index in [4.69, 9.17) is 0 Å². The summed E-state index contributed by atoms with van der Waals surface area (Å²) in [4.78, 5) is 0. The van der Waals surface area contributed by atoms with Crippen molar-refractivity contribution < 1.29 is 5.11 Å². The Kier molecular flexibility index (Phi) is 4.62. The van der Waals surface area contributed by atoms with Crippen molar-refractivity contribution in [2.45, 2.75) is 33.6 Å². The largest absolute Gasteiger partial charge is 0.508 e. The molecule has 2 aromatic rings. The number of allylic oxidation sites excluding steroid dienone is 1. The molecule has 0 heterocycles. The van der Waals surface area contributed by atoms with Crippen molar-refractivity contribution in [1.29, 1.82) is 0 Å². The second-order valence-corrected chi connectivity index (χ2v) is 5.27. The van der Waals surface area contributed by atoms with Crippen LogP contribution < -0.4 is 0 Å². The molecule has 104 valence electrons. The molecule has 1 nitrogen and oxygen atoms in total. The van der Waals surface area contributed by atoms with Crippen LogP contribution in [0.3, 0.4) is 0 Å². The Morgan fingerprint density at radius 2 is 1.75 bits per heavy atom. The third-order valence-corrected chi connectivity index (χ3v) is 3.49. The van der Waals surface area contributed by atoms with Crippen LogP contribution in [0.25, 0.3) is 5.57 Å². The van der Waals surface area contributed by atoms with Crippen LogP contribution in [0, 0.1) is 13.8 Å². The van der Waals surface area contributed by atoms with Crippen LogP contribution in [0.5, 0.6) is 5.75 Å². The number of benzene rings is 2. The number of phenols is 1. The molecule has 0 atom stereocenters. The van der Waals surface area contributed by atoms with Gasteiger partial charge in [0.2, 0.25) is 0 Å². The highest BCUT2D eigenvalue weighted by molar-refractivity contribution is 5.81. The average molecular weight is 266 g/mol. The Morgan fingerprint density at radius 3 is 2.35 bits per heavy atom. The molecule has 0 amide bonds. The van der Waals surface area contributed by atoms with Gasteiger partial charge < -0.3 is 5.11 Å². The Hall–Kier alpha value is -2.02. The van der Waals surface area contributed by atoms with Gasteiger partial charge in [-0.1, -0.05) is 55.3 Å². The van der Waals surface area contributed by atoms with E-state index in [-0.39, 0.29) is 0 Å². The predicted octanol–water partition coefficient (Wildman–Crippen LogP) is 5.24. The van der Waals surface area contributed by atoms with Crippen LogP contribution in [0.1, 0.15) is 42.0 Å². The summed E-state index contributed by atoms with van der Waals surface area (Å²) in [5.41, 5.74) is 6.26. The number of phenolic OH excluding ortho intramolecular Hbond substituents is 1. The molecule has 0 saturated heterocycles. The molecule has 0 aliphatic rings. The van der Waals surface area contributed by atoms with Crippen molar-refractivity contribution in [3.05, 3.63) is 70.8 Å². The fraction of sp³-hybridized carbons (Fsp3) is 0.263. The first-order valence-electron chi connectivity index (χ1n) is 7.19. The van der Waals surface area contributed by atoms with Gasteiger partial charge in [0, 0.05) is 0 Å². The number of rotatable bonds is 4. The van der Waals surface area contributed by atoms with Gasteiger partial charge in [-0.2, -0.15) is 0 Å². The van der Waals surface area contributed by atoms with E-state index in [9.17, 15) is 5.11 Å². The molecule has 0 aliphatic heterocycles. The molecule has 0 unspecified atom stereocenters. The van der Waals surface area contributed by atoms with Crippen LogP contribution >= 0.6 is 0 Å². The summed E-state index contributed by atoms with van der Waals surface area (Å²) in [6.07, 6.45) is 4.49. The third-order valence-electron chi connectivity index (χ3n) is 3.49. The van der Waals surface area contributed by atoms with Crippen LogP contribution in [0.15, 0.2) is 48.5 Å². The van der Waals surface area contributed by atoms with Gasteiger partial charge in [0.25, 0.3) is 0 Å².